The second-order valence-corrected chi connectivity index (χ2v) is 5.23. The Kier molecular flexibility index (Phi) is 3.19. The monoisotopic (exact) mass is 229 g/mol. The molecule has 5 heteroatoms. The number of methoxy groups -OCH3 is 1. The van der Waals surface area contributed by atoms with Crippen LogP contribution in [-0.4, -0.2) is 35.0 Å². The lowest BCUT2D eigenvalue weighted by Crippen LogP contribution is -2.26. The summed E-state index contributed by atoms with van der Waals surface area (Å²) < 4.78 is 4.60. The normalized spacial score (nSPS) is 36.1. The maximum Gasteiger partial charge on any atom is 0.315 e. The number of nitrogens with zero attached hydrogens (tertiary/aromatic N) is 1. The number of fused-ring (bicyclic) bond motifs is 2. The predicted octanol–water partition coefficient (Wildman–Crippen LogP) is 1.52. The van der Waals surface area contributed by atoms with Crippen molar-refractivity contribution in [2.75, 3.05) is 12.9 Å². The highest BCUT2D eigenvalue weighted by atomic mass is 32.2. The summed E-state index contributed by atoms with van der Waals surface area (Å²) >= 11 is 1.55. The van der Waals surface area contributed by atoms with Gasteiger partial charge in [-0.05, 0) is 25.2 Å². The van der Waals surface area contributed by atoms with Gasteiger partial charge in [-0.3, -0.25) is 4.79 Å². The maximum atomic E-state index is 11.0. The largest absolute Gasteiger partial charge is 0.468 e. The van der Waals surface area contributed by atoms with Gasteiger partial charge in [-0.25, -0.2) is 0 Å². The first-order valence-electron chi connectivity index (χ1n) is 5.16. The van der Waals surface area contributed by atoms with Crippen LogP contribution >= 0.6 is 11.8 Å². The molecule has 2 saturated carbocycles. The van der Waals surface area contributed by atoms with Gasteiger partial charge >= 0.3 is 5.97 Å². The zero-order valence-corrected chi connectivity index (χ0v) is 9.50. The highest BCUT2D eigenvalue weighted by Gasteiger charge is 2.45. The number of hydrogen-bond donors (Lipinski definition) is 1. The summed E-state index contributed by atoms with van der Waals surface area (Å²) in [6, 6.07) is 0. The molecule has 0 unspecified atom stereocenters. The number of hydrogen-bond acceptors (Lipinski definition) is 5. The van der Waals surface area contributed by atoms with Crippen molar-refractivity contribution >= 4 is 23.4 Å². The number of thioether (sulfide) groups is 1. The molecule has 4 nitrogen and oxygen atoms in total. The maximum absolute atomic E-state index is 11.0. The van der Waals surface area contributed by atoms with Gasteiger partial charge in [0.25, 0.3) is 0 Å². The lowest BCUT2D eigenvalue weighted by atomic mass is 9.98. The second-order valence-electron chi connectivity index (χ2n) is 4.10. The Hall–Kier alpha value is -0.710. The van der Waals surface area contributed by atoms with Gasteiger partial charge in [0.1, 0.15) is 0 Å². The summed E-state index contributed by atoms with van der Waals surface area (Å²) in [6.07, 6.45) is 3.46. The Morgan fingerprint density at radius 3 is 3.13 bits per heavy atom. The van der Waals surface area contributed by atoms with Crippen LogP contribution in [0, 0.1) is 11.8 Å². The van der Waals surface area contributed by atoms with E-state index in [4.69, 9.17) is 5.21 Å². The van der Waals surface area contributed by atoms with Crippen molar-refractivity contribution in [2.45, 2.75) is 24.5 Å². The number of carbonyl (C=O) groups excluding carboxylic acids is 1. The number of esters is 1. The number of ether oxygens (including phenoxy) is 1. The van der Waals surface area contributed by atoms with E-state index >= 15 is 0 Å². The van der Waals surface area contributed by atoms with E-state index in [0.29, 0.717) is 17.6 Å². The third kappa shape index (κ3) is 1.97. The minimum atomic E-state index is -0.208. The lowest BCUT2D eigenvalue weighted by Gasteiger charge is -2.21. The average Bonchev–Trinajstić information content (AvgIpc) is 2.85. The van der Waals surface area contributed by atoms with E-state index in [9.17, 15) is 4.79 Å². The zero-order chi connectivity index (χ0) is 10.8. The Bertz CT molecular complexity index is 292. The molecule has 2 fully saturated rings. The molecule has 0 saturated heterocycles. The first-order chi connectivity index (χ1) is 7.26. The van der Waals surface area contributed by atoms with Crippen molar-refractivity contribution in [3.8, 4) is 0 Å². The van der Waals surface area contributed by atoms with Crippen LogP contribution < -0.4 is 0 Å². The van der Waals surface area contributed by atoms with Gasteiger partial charge in [0.2, 0.25) is 0 Å². The van der Waals surface area contributed by atoms with E-state index in [1.165, 1.54) is 13.5 Å². The van der Waals surface area contributed by atoms with E-state index in [1.807, 2.05) is 0 Å². The van der Waals surface area contributed by atoms with Gasteiger partial charge in [0.05, 0.1) is 23.8 Å². The first kappa shape index (κ1) is 10.8. The molecule has 2 rings (SSSR count). The molecule has 0 aromatic carbocycles. The molecule has 0 aromatic heterocycles. The van der Waals surface area contributed by atoms with Gasteiger partial charge in [0, 0.05) is 5.92 Å². The van der Waals surface area contributed by atoms with E-state index < -0.39 is 0 Å². The predicted molar refractivity (Wildman–Crippen MR) is 58.3 cm³/mol. The molecule has 15 heavy (non-hydrogen) atoms. The molecule has 0 radical (unpaired) electrons. The third-order valence-electron chi connectivity index (χ3n) is 3.34. The standard InChI is InChI=1S/C10H15NO3S/c1-14-8(12)5-15-10-7-3-2-6(4-7)9(10)11-13/h6-7,10,13H,2-5H2,1H3/b11-9+/t6-,7-,10-/m0/s1. The van der Waals surface area contributed by atoms with Gasteiger partial charge in [-0.2, -0.15) is 0 Å². The minimum absolute atomic E-state index is 0.208. The highest BCUT2D eigenvalue weighted by molar-refractivity contribution is 8.01. The Balaban J connectivity index is 1.94. The van der Waals surface area contributed by atoms with Crippen molar-refractivity contribution in [3.63, 3.8) is 0 Å². The van der Waals surface area contributed by atoms with Crippen LogP contribution in [0.25, 0.3) is 0 Å². The quantitative estimate of drug-likeness (QED) is 0.453. The van der Waals surface area contributed by atoms with Crippen LogP contribution in [0.2, 0.25) is 0 Å². The lowest BCUT2D eigenvalue weighted by molar-refractivity contribution is -0.137. The molecule has 0 aliphatic heterocycles. The van der Waals surface area contributed by atoms with Crippen molar-refractivity contribution in [3.05, 3.63) is 0 Å². The summed E-state index contributed by atoms with van der Waals surface area (Å²) in [5.74, 6) is 1.19. The smallest absolute Gasteiger partial charge is 0.315 e. The number of carbonyl (C=O) groups is 1. The van der Waals surface area contributed by atoms with Crippen molar-refractivity contribution in [1.82, 2.24) is 0 Å². The van der Waals surface area contributed by atoms with Crippen LogP contribution in [0.15, 0.2) is 5.16 Å². The molecule has 0 heterocycles. The van der Waals surface area contributed by atoms with E-state index in [2.05, 4.69) is 9.89 Å². The molecule has 3 atom stereocenters. The summed E-state index contributed by atoms with van der Waals surface area (Å²) in [4.78, 5) is 11.0. The zero-order valence-electron chi connectivity index (χ0n) is 8.68. The van der Waals surface area contributed by atoms with Gasteiger partial charge in [-0.15, -0.1) is 11.8 Å². The van der Waals surface area contributed by atoms with Crippen LogP contribution in [-0.2, 0) is 9.53 Å². The van der Waals surface area contributed by atoms with E-state index in [1.54, 1.807) is 11.8 Å². The summed E-state index contributed by atoms with van der Waals surface area (Å²) in [6.45, 7) is 0. The molecule has 2 bridgehead atoms. The fraction of sp³-hybridized carbons (Fsp3) is 0.800. The van der Waals surface area contributed by atoms with Crippen molar-refractivity contribution in [2.24, 2.45) is 17.0 Å². The number of rotatable bonds is 3. The molecule has 2 aliphatic carbocycles. The van der Waals surface area contributed by atoms with Crippen LogP contribution in [0.4, 0.5) is 0 Å². The summed E-state index contributed by atoms with van der Waals surface area (Å²) in [7, 11) is 1.39. The molecule has 0 amide bonds. The van der Waals surface area contributed by atoms with Gasteiger partial charge in [-0.1, -0.05) is 5.16 Å². The summed E-state index contributed by atoms with van der Waals surface area (Å²) in [5.41, 5.74) is 0.889. The van der Waals surface area contributed by atoms with E-state index in [-0.39, 0.29) is 11.2 Å². The SMILES string of the molecule is COC(=O)CS[C@@H]1/C(=N/O)[C@H]2CC[C@H]1C2. The fourth-order valence-corrected chi connectivity index (χ4v) is 3.97. The van der Waals surface area contributed by atoms with Crippen molar-refractivity contribution < 1.29 is 14.7 Å². The molecule has 1 N–H and O–H groups in total. The Morgan fingerprint density at radius 2 is 2.47 bits per heavy atom. The third-order valence-corrected chi connectivity index (χ3v) is 4.72. The Labute approximate surface area is 93.1 Å². The molecule has 2 aliphatic rings. The second kappa shape index (κ2) is 4.43. The van der Waals surface area contributed by atoms with Gasteiger partial charge < -0.3 is 9.94 Å². The number of oxime groups is 1. The molecular formula is C10H15NO3S. The molecular weight excluding hydrogens is 214 g/mol. The first-order valence-corrected chi connectivity index (χ1v) is 6.21. The molecule has 0 aromatic rings. The van der Waals surface area contributed by atoms with E-state index in [0.717, 1.165) is 18.6 Å². The van der Waals surface area contributed by atoms with Crippen LogP contribution in [0.5, 0.6) is 0 Å². The average molecular weight is 229 g/mol. The minimum Gasteiger partial charge on any atom is -0.468 e. The summed E-state index contributed by atoms with van der Waals surface area (Å²) in [5, 5.41) is 12.6. The highest BCUT2D eigenvalue weighted by Crippen LogP contribution is 2.47. The van der Waals surface area contributed by atoms with Crippen LogP contribution in [0.1, 0.15) is 19.3 Å². The molecule has 0 spiro atoms. The topological polar surface area (TPSA) is 58.9 Å². The van der Waals surface area contributed by atoms with Crippen LogP contribution in [0.3, 0.4) is 0 Å². The van der Waals surface area contributed by atoms with Crippen molar-refractivity contribution in [1.29, 1.82) is 0 Å². The molecule has 84 valence electrons. The Morgan fingerprint density at radius 1 is 1.67 bits per heavy atom. The van der Waals surface area contributed by atoms with Gasteiger partial charge in [0.15, 0.2) is 0 Å². The fourth-order valence-electron chi connectivity index (χ4n) is 2.61.